The summed E-state index contributed by atoms with van der Waals surface area (Å²) < 4.78 is 1.52. The molecule has 0 aliphatic heterocycles. The van der Waals surface area contributed by atoms with Crippen molar-refractivity contribution in [3.8, 4) is 0 Å². The minimum Gasteiger partial charge on any atom is -0.328 e. The van der Waals surface area contributed by atoms with E-state index in [0.717, 1.165) is 30.2 Å². The summed E-state index contributed by atoms with van der Waals surface area (Å²) in [5, 5.41) is 7.08. The van der Waals surface area contributed by atoms with E-state index < -0.39 is 0 Å². The molecule has 0 radical (unpaired) electrons. The molecule has 0 bridgehead atoms. The van der Waals surface area contributed by atoms with Gasteiger partial charge in [-0.3, -0.25) is 4.57 Å². The Morgan fingerprint density at radius 3 is 2.87 bits per heavy atom. The van der Waals surface area contributed by atoms with Crippen LogP contribution >= 0.6 is 11.8 Å². The van der Waals surface area contributed by atoms with Gasteiger partial charge in [0, 0.05) is 18.8 Å². The van der Waals surface area contributed by atoms with E-state index in [1.54, 1.807) is 18.8 Å². The molecule has 6 heteroatoms. The van der Waals surface area contributed by atoms with Gasteiger partial charge in [-0.1, -0.05) is 18.2 Å². The summed E-state index contributed by atoms with van der Waals surface area (Å²) >= 11 is 1.60. The summed E-state index contributed by atoms with van der Waals surface area (Å²) in [4.78, 5) is 11.0. The highest BCUT2D eigenvalue weighted by atomic mass is 32.2. The van der Waals surface area contributed by atoms with Crippen LogP contribution in [0.4, 0.5) is 0 Å². The first-order valence-electron chi connectivity index (χ1n) is 5.11. The number of thioether (sulfide) groups is 1. The zero-order valence-corrected chi connectivity index (χ0v) is 10.0. The number of H-pyrrole nitrogens is 1. The molecule has 1 heterocycles. The predicted molar refractivity (Wildman–Crippen MR) is 62.1 cm³/mol. The van der Waals surface area contributed by atoms with Crippen molar-refractivity contribution in [2.45, 2.75) is 37.4 Å². The van der Waals surface area contributed by atoms with Crippen molar-refractivity contribution >= 4 is 11.8 Å². The molecule has 3 N–H and O–H groups in total. The van der Waals surface area contributed by atoms with Crippen LogP contribution in [0.2, 0.25) is 0 Å². The molecule has 86 valence electrons. The van der Waals surface area contributed by atoms with Crippen molar-refractivity contribution in [1.82, 2.24) is 14.8 Å². The van der Waals surface area contributed by atoms with Gasteiger partial charge >= 0.3 is 5.69 Å². The van der Waals surface area contributed by atoms with E-state index in [0.29, 0.717) is 0 Å². The number of nitrogens with zero attached hydrogens (tertiary/aromatic N) is 2. The lowest BCUT2D eigenvalue weighted by molar-refractivity contribution is 0.618. The van der Waals surface area contributed by atoms with Crippen LogP contribution in [0, 0.1) is 0 Å². The molecule has 0 saturated carbocycles. The number of unbranched alkanes of at least 4 members (excludes halogenated alkanes) is 1. The monoisotopic (exact) mass is 230 g/mol. The summed E-state index contributed by atoms with van der Waals surface area (Å²) in [5.41, 5.74) is 5.48. The number of aromatic amines is 1. The highest BCUT2D eigenvalue weighted by Crippen LogP contribution is 2.14. The molecule has 1 atom stereocenters. The Kier molecular flexibility index (Phi) is 4.90. The molecule has 15 heavy (non-hydrogen) atoms. The van der Waals surface area contributed by atoms with E-state index >= 15 is 0 Å². The van der Waals surface area contributed by atoms with E-state index in [1.165, 1.54) is 4.57 Å². The van der Waals surface area contributed by atoms with Crippen LogP contribution in [-0.2, 0) is 7.05 Å². The van der Waals surface area contributed by atoms with Crippen molar-refractivity contribution in [3.63, 3.8) is 0 Å². The first-order valence-corrected chi connectivity index (χ1v) is 6.09. The summed E-state index contributed by atoms with van der Waals surface area (Å²) in [7, 11) is 1.72. The number of hydrogen-bond donors (Lipinski definition) is 2. The predicted octanol–water partition coefficient (Wildman–Crippen LogP) is 0.718. The van der Waals surface area contributed by atoms with Crippen LogP contribution < -0.4 is 11.4 Å². The largest absolute Gasteiger partial charge is 0.343 e. The van der Waals surface area contributed by atoms with E-state index in [2.05, 4.69) is 10.2 Å². The van der Waals surface area contributed by atoms with E-state index in [4.69, 9.17) is 5.73 Å². The second kappa shape index (κ2) is 5.97. The average Bonchev–Trinajstić information content (AvgIpc) is 2.48. The van der Waals surface area contributed by atoms with E-state index in [9.17, 15) is 4.79 Å². The molecule has 0 aliphatic carbocycles. The molecule has 1 aromatic rings. The lowest BCUT2D eigenvalue weighted by Gasteiger charge is -2.03. The van der Waals surface area contributed by atoms with Crippen LogP contribution in [0.1, 0.15) is 26.2 Å². The molecule has 0 saturated heterocycles. The smallest absolute Gasteiger partial charge is 0.328 e. The molecule has 0 aromatic carbocycles. The Labute approximate surface area is 93.4 Å². The molecule has 1 aromatic heterocycles. The minimum atomic E-state index is -0.159. The van der Waals surface area contributed by atoms with Gasteiger partial charge in [0.25, 0.3) is 0 Å². The third kappa shape index (κ3) is 4.09. The maximum atomic E-state index is 11.0. The molecule has 1 rings (SSSR count). The number of aromatic nitrogens is 3. The third-order valence-corrected chi connectivity index (χ3v) is 3.24. The topological polar surface area (TPSA) is 76.7 Å². The number of nitrogens with two attached hydrogens (primary N) is 1. The van der Waals surface area contributed by atoms with Gasteiger partial charge in [-0.25, -0.2) is 9.89 Å². The average molecular weight is 230 g/mol. The number of rotatable bonds is 6. The summed E-state index contributed by atoms with van der Waals surface area (Å²) in [5.74, 6) is 0.977. The Hall–Kier alpha value is -0.750. The van der Waals surface area contributed by atoms with Crippen molar-refractivity contribution in [2.24, 2.45) is 12.8 Å². The lowest BCUT2D eigenvalue weighted by Crippen LogP contribution is -2.14. The first-order chi connectivity index (χ1) is 7.11. The van der Waals surface area contributed by atoms with Crippen LogP contribution in [-0.4, -0.2) is 26.6 Å². The Balaban J connectivity index is 2.21. The highest BCUT2D eigenvalue weighted by molar-refractivity contribution is 7.99. The number of hydrogen-bond acceptors (Lipinski definition) is 4. The van der Waals surface area contributed by atoms with Crippen LogP contribution in [0.3, 0.4) is 0 Å². The van der Waals surface area contributed by atoms with Gasteiger partial charge in [-0.2, -0.15) is 0 Å². The lowest BCUT2D eigenvalue weighted by atomic mass is 10.2. The fourth-order valence-electron chi connectivity index (χ4n) is 1.19. The SMILES string of the molecule is CC(N)CCCCSc1n[nH]c(=O)n1C. The fraction of sp³-hybridized carbons (Fsp3) is 0.778. The minimum absolute atomic E-state index is 0.159. The zero-order chi connectivity index (χ0) is 11.3. The summed E-state index contributed by atoms with van der Waals surface area (Å²) in [6.45, 7) is 2.02. The van der Waals surface area contributed by atoms with Gasteiger partial charge in [0.15, 0.2) is 5.16 Å². The Morgan fingerprint density at radius 2 is 2.33 bits per heavy atom. The maximum absolute atomic E-state index is 11.0. The second-order valence-corrected chi connectivity index (χ2v) is 4.75. The van der Waals surface area contributed by atoms with Gasteiger partial charge in [0.2, 0.25) is 0 Å². The Bertz CT molecular complexity index is 344. The Morgan fingerprint density at radius 1 is 1.60 bits per heavy atom. The second-order valence-electron chi connectivity index (χ2n) is 3.69. The quantitative estimate of drug-likeness (QED) is 0.557. The van der Waals surface area contributed by atoms with Gasteiger partial charge in [-0.15, -0.1) is 5.10 Å². The van der Waals surface area contributed by atoms with E-state index in [1.807, 2.05) is 6.92 Å². The van der Waals surface area contributed by atoms with E-state index in [-0.39, 0.29) is 11.7 Å². The molecular weight excluding hydrogens is 212 g/mol. The normalized spacial score (nSPS) is 13.0. The molecule has 0 fully saturated rings. The van der Waals surface area contributed by atoms with Crippen LogP contribution in [0.25, 0.3) is 0 Å². The van der Waals surface area contributed by atoms with Crippen LogP contribution in [0.15, 0.2) is 9.95 Å². The summed E-state index contributed by atoms with van der Waals surface area (Å²) in [6.07, 6.45) is 3.29. The molecule has 1 unspecified atom stereocenters. The van der Waals surface area contributed by atoms with Crippen molar-refractivity contribution in [1.29, 1.82) is 0 Å². The maximum Gasteiger partial charge on any atom is 0.343 e. The van der Waals surface area contributed by atoms with Crippen molar-refractivity contribution in [2.75, 3.05) is 5.75 Å². The molecule has 5 nitrogen and oxygen atoms in total. The van der Waals surface area contributed by atoms with Crippen molar-refractivity contribution in [3.05, 3.63) is 10.5 Å². The molecule has 0 spiro atoms. The van der Waals surface area contributed by atoms with Crippen molar-refractivity contribution < 1.29 is 0 Å². The molecule has 0 aliphatic rings. The number of nitrogens with one attached hydrogen (secondary N) is 1. The standard InChI is InChI=1S/C9H18N4OS/c1-7(10)5-3-4-6-15-9-12-11-8(14)13(9)2/h7H,3-6,10H2,1-2H3,(H,11,14). The molecule has 0 amide bonds. The highest BCUT2D eigenvalue weighted by Gasteiger charge is 2.03. The zero-order valence-electron chi connectivity index (χ0n) is 9.19. The first kappa shape index (κ1) is 12.3. The molecular formula is C9H18N4OS. The van der Waals surface area contributed by atoms with Gasteiger partial charge in [0.05, 0.1) is 0 Å². The summed E-state index contributed by atoms with van der Waals surface area (Å²) in [6, 6.07) is 0.282. The van der Waals surface area contributed by atoms with Crippen LogP contribution in [0.5, 0.6) is 0 Å². The third-order valence-electron chi connectivity index (χ3n) is 2.12. The van der Waals surface area contributed by atoms with Gasteiger partial charge in [0.1, 0.15) is 0 Å². The fourth-order valence-corrected chi connectivity index (χ4v) is 2.11. The van der Waals surface area contributed by atoms with Gasteiger partial charge in [-0.05, 0) is 19.8 Å². The van der Waals surface area contributed by atoms with Gasteiger partial charge < -0.3 is 5.73 Å².